The highest BCUT2D eigenvalue weighted by Crippen LogP contribution is 2.28. The van der Waals surface area contributed by atoms with Gasteiger partial charge in [-0.1, -0.05) is 30.0 Å². The summed E-state index contributed by atoms with van der Waals surface area (Å²) in [7, 11) is 0. The summed E-state index contributed by atoms with van der Waals surface area (Å²) in [5.41, 5.74) is 1.84. The lowest BCUT2D eigenvalue weighted by atomic mass is 10.2. The van der Waals surface area contributed by atoms with Gasteiger partial charge in [0.2, 0.25) is 11.5 Å². The molecule has 0 spiro atoms. The van der Waals surface area contributed by atoms with Crippen molar-refractivity contribution in [2.24, 2.45) is 0 Å². The van der Waals surface area contributed by atoms with Crippen molar-refractivity contribution in [3.8, 4) is 0 Å². The second-order valence-corrected chi connectivity index (χ2v) is 8.96. The highest BCUT2D eigenvalue weighted by atomic mass is 32.2. The molecule has 1 fully saturated rings. The van der Waals surface area contributed by atoms with E-state index in [1.54, 1.807) is 25.1 Å². The normalized spacial score (nSPS) is 16.0. The molecule has 0 bridgehead atoms. The molecule has 1 amide bonds. The lowest BCUT2D eigenvalue weighted by molar-refractivity contribution is -0.113. The number of aryl methyl sites for hydroxylation is 1. The zero-order valence-corrected chi connectivity index (χ0v) is 18.8. The Morgan fingerprint density at radius 2 is 2.15 bits per heavy atom. The number of hydrogen-bond acceptors (Lipinski definition) is 6. The van der Waals surface area contributed by atoms with Gasteiger partial charge in [0.15, 0.2) is 5.16 Å². The first-order valence-corrected chi connectivity index (χ1v) is 11.7. The largest absolute Gasteiger partial charge is 0.448 e. The van der Waals surface area contributed by atoms with Crippen molar-refractivity contribution in [3.05, 3.63) is 64.2 Å². The molecule has 5 rings (SSSR count). The van der Waals surface area contributed by atoms with Gasteiger partial charge in [-0.05, 0) is 49.6 Å². The Labute approximate surface area is 192 Å². The molecule has 4 aromatic rings. The maximum Gasteiger partial charge on any atom is 0.297 e. The number of hydrogen-bond donors (Lipinski definition) is 1. The third kappa shape index (κ3) is 4.38. The topological polar surface area (TPSA) is 86.4 Å². The molecular weight excluding hydrogens is 445 g/mol. The van der Waals surface area contributed by atoms with Gasteiger partial charge in [0, 0.05) is 17.7 Å². The van der Waals surface area contributed by atoms with Crippen molar-refractivity contribution in [3.63, 3.8) is 0 Å². The van der Waals surface area contributed by atoms with Crippen LogP contribution in [0.25, 0.3) is 22.1 Å². The predicted octanol–water partition coefficient (Wildman–Crippen LogP) is 4.50. The molecule has 1 aliphatic heterocycles. The number of thioether (sulfide) groups is 1. The molecular formula is C24H22FN3O4S. The summed E-state index contributed by atoms with van der Waals surface area (Å²) in [6.07, 6.45) is 1.71. The van der Waals surface area contributed by atoms with Gasteiger partial charge in [-0.3, -0.25) is 14.2 Å². The van der Waals surface area contributed by atoms with Crippen molar-refractivity contribution in [2.75, 3.05) is 17.7 Å². The third-order valence-electron chi connectivity index (χ3n) is 5.65. The predicted molar refractivity (Wildman–Crippen MR) is 125 cm³/mol. The van der Waals surface area contributed by atoms with Crippen LogP contribution in [-0.2, 0) is 16.1 Å². The number of carbonyl (C=O) groups excluding carboxylic acids is 1. The van der Waals surface area contributed by atoms with Crippen molar-refractivity contribution < 1.29 is 18.3 Å². The molecule has 0 aliphatic carbocycles. The van der Waals surface area contributed by atoms with E-state index in [-0.39, 0.29) is 34.7 Å². The fourth-order valence-corrected chi connectivity index (χ4v) is 4.72. The van der Waals surface area contributed by atoms with Crippen LogP contribution < -0.4 is 10.9 Å². The van der Waals surface area contributed by atoms with Gasteiger partial charge < -0.3 is 14.5 Å². The number of anilines is 1. The fourth-order valence-electron chi connectivity index (χ4n) is 3.91. The Morgan fingerprint density at radius 1 is 1.30 bits per heavy atom. The SMILES string of the molecule is Cc1ccc(NC(=O)CSc2nc3c(oc4ccccc43)c(=O)n2C[C@@H]2CCCO2)cc1F. The average molecular weight is 468 g/mol. The van der Waals surface area contributed by atoms with E-state index < -0.39 is 0 Å². The number of rotatable bonds is 6. The second kappa shape index (κ2) is 8.99. The standard InChI is InChI=1S/C24H22FN3O4S/c1-14-8-9-15(11-18(14)25)26-20(29)13-33-24-27-21-17-6-2-3-7-19(17)32-22(21)23(30)28(24)12-16-5-4-10-31-16/h2-3,6-9,11,16H,4-5,10,12-13H2,1H3,(H,26,29)/t16-/m0/s1. The highest BCUT2D eigenvalue weighted by Gasteiger charge is 2.23. The fraction of sp³-hybridized carbons (Fsp3) is 0.292. The van der Waals surface area contributed by atoms with Gasteiger partial charge in [-0.15, -0.1) is 0 Å². The minimum absolute atomic E-state index is 0.00868. The first kappa shape index (κ1) is 21.7. The van der Waals surface area contributed by atoms with Crippen LogP contribution in [0.1, 0.15) is 18.4 Å². The number of amides is 1. The summed E-state index contributed by atoms with van der Waals surface area (Å²) in [5.74, 6) is -0.697. The lowest BCUT2D eigenvalue weighted by Crippen LogP contribution is -2.29. The molecule has 1 aliphatic rings. The van der Waals surface area contributed by atoms with E-state index >= 15 is 0 Å². The zero-order valence-electron chi connectivity index (χ0n) is 18.0. The van der Waals surface area contributed by atoms with E-state index in [0.717, 1.165) is 30.0 Å². The summed E-state index contributed by atoms with van der Waals surface area (Å²) in [6.45, 7) is 2.66. The minimum atomic E-state index is -0.384. The maximum atomic E-state index is 13.8. The first-order valence-electron chi connectivity index (χ1n) is 10.7. The molecule has 2 aromatic carbocycles. The second-order valence-electron chi connectivity index (χ2n) is 8.02. The molecule has 1 N–H and O–H groups in total. The number of para-hydroxylation sites is 1. The van der Waals surface area contributed by atoms with Crippen LogP contribution in [0.3, 0.4) is 0 Å². The number of aromatic nitrogens is 2. The van der Waals surface area contributed by atoms with E-state index in [2.05, 4.69) is 5.32 Å². The van der Waals surface area contributed by atoms with Crippen LogP contribution in [-0.4, -0.2) is 33.9 Å². The molecule has 9 heteroatoms. The van der Waals surface area contributed by atoms with Crippen LogP contribution >= 0.6 is 11.8 Å². The molecule has 3 heterocycles. The highest BCUT2D eigenvalue weighted by molar-refractivity contribution is 7.99. The number of ether oxygens (including phenoxy) is 1. The van der Waals surface area contributed by atoms with Gasteiger partial charge in [0.1, 0.15) is 16.9 Å². The molecule has 33 heavy (non-hydrogen) atoms. The smallest absolute Gasteiger partial charge is 0.297 e. The summed E-state index contributed by atoms with van der Waals surface area (Å²) in [5, 5.41) is 3.85. The number of halogens is 1. The van der Waals surface area contributed by atoms with E-state index in [1.807, 2.05) is 18.2 Å². The number of furan rings is 1. The van der Waals surface area contributed by atoms with E-state index in [0.29, 0.717) is 40.7 Å². The van der Waals surface area contributed by atoms with Crippen LogP contribution in [0, 0.1) is 12.7 Å². The Bertz CT molecular complexity index is 1410. The van der Waals surface area contributed by atoms with Gasteiger partial charge in [-0.2, -0.15) is 0 Å². The van der Waals surface area contributed by atoms with Crippen LogP contribution in [0.5, 0.6) is 0 Å². The molecule has 7 nitrogen and oxygen atoms in total. The van der Waals surface area contributed by atoms with Crippen molar-refractivity contribution >= 4 is 45.4 Å². The average Bonchev–Trinajstić information content (AvgIpc) is 3.45. The number of benzene rings is 2. The third-order valence-corrected chi connectivity index (χ3v) is 6.62. The van der Waals surface area contributed by atoms with Gasteiger partial charge in [0.05, 0.1) is 18.4 Å². The molecule has 0 unspecified atom stereocenters. The summed E-state index contributed by atoms with van der Waals surface area (Å²) in [6, 6.07) is 11.9. The van der Waals surface area contributed by atoms with Crippen molar-refractivity contribution in [1.29, 1.82) is 0 Å². The van der Waals surface area contributed by atoms with Gasteiger partial charge >= 0.3 is 0 Å². The van der Waals surface area contributed by atoms with Gasteiger partial charge in [0.25, 0.3) is 5.56 Å². The molecule has 1 saturated heterocycles. The Kier molecular flexibility index (Phi) is 5.90. The first-order chi connectivity index (χ1) is 16.0. The summed E-state index contributed by atoms with van der Waals surface area (Å²) >= 11 is 1.15. The number of nitrogens with one attached hydrogen (secondary N) is 1. The van der Waals surface area contributed by atoms with Crippen LogP contribution in [0.15, 0.2) is 56.8 Å². The Balaban J connectivity index is 1.45. The molecule has 170 valence electrons. The van der Waals surface area contributed by atoms with Crippen molar-refractivity contribution in [1.82, 2.24) is 9.55 Å². The molecule has 0 saturated carbocycles. The minimum Gasteiger partial charge on any atom is -0.448 e. The number of fused-ring (bicyclic) bond motifs is 3. The molecule has 1 atom stereocenters. The van der Waals surface area contributed by atoms with Crippen molar-refractivity contribution in [2.45, 2.75) is 37.6 Å². The Hall–Kier alpha value is -3.17. The molecule has 0 radical (unpaired) electrons. The zero-order chi connectivity index (χ0) is 22.9. The quantitative estimate of drug-likeness (QED) is 0.332. The number of carbonyl (C=O) groups is 1. The van der Waals surface area contributed by atoms with Crippen LogP contribution in [0.2, 0.25) is 0 Å². The van der Waals surface area contributed by atoms with E-state index in [4.69, 9.17) is 14.1 Å². The number of nitrogens with zero attached hydrogens (tertiary/aromatic N) is 2. The van der Waals surface area contributed by atoms with E-state index in [1.165, 1.54) is 10.6 Å². The van der Waals surface area contributed by atoms with Gasteiger partial charge in [-0.25, -0.2) is 9.37 Å². The summed E-state index contributed by atoms with van der Waals surface area (Å²) in [4.78, 5) is 30.6. The lowest BCUT2D eigenvalue weighted by Gasteiger charge is -2.15. The summed E-state index contributed by atoms with van der Waals surface area (Å²) < 4.78 is 26.9. The maximum absolute atomic E-state index is 13.8. The molecule has 2 aromatic heterocycles. The monoisotopic (exact) mass is 467 g/mol. The Morgan fingerprint density at radius 3 is 2.94 bits per heavy atom. The van der Waals surface area contributed by atoms with E-state index in [9.17, 15) is 14.0 Å². The van der Waals surface area contributed by atoms with Crippen LogP contribution in [0.4, 0.5) is 10.1 Å².